The lowest BCUT2D eigenvalue weighted by Gasteiger charge is -2.15. The van der Waals surface area contributed by atoms with Gasteiger partial charge in [-0.05, 0) is 31.2 Å². The molecule has 0 spiro atoms. The number of aryl methyl sites for hydroxylation is 1. The molecule has 0 radical (unpaired) electrons. The molecular weight excluding hydrogens is 398 g/mol. The zero-order valence-corrected chi connectivity index (χ0v) is 17.8. The summed E-state index contributed by atoms with van der Waals surface area (Å²) in [5.41, 5.74) is 5.34. The number of para-hydroxylation sites is 1. The first-order valence-corrected chi connectivity index (χ1v) is 10.3. The molecule has 5 aromatic rings. The minimum atomic E-state index is 0.0866. The third-order valence-corrected chi connectivity index (χ3v) is 5.44. The Morgan fingerprint density at radius 2 is 1.56 bits per heavy atom. The molecule has 5 rings (SSSR count). The molecule has 156 valence electrons. The van der Waals surface area contributed by atoms with E-state index in [0.717, 1.165) is 33.4 Å². The van der Waals surface area contributed by atoms with Crippen LogP contribution < -0.4 is 4.74 Å². The Morgan fingerprint density at radius 1 is 0.781 bits per heavy atom. The van der Waals surface area contributed by atoms with Crippen molar-refractivity contribution in [2.45, 2.75) is 6.92 Å². The van der Waals surface area contributed by atoms with E-state index in [2.05, 4.69) is 0 Å². The number of phenolic OH excluding ortho intramolecular Hbond substituents is 1. The number of aromatic nitrogens is 3. The fraction of sp³-hybridized carbons (Fsp3) is 0.0741. The predicted molar refractivity (Wildman–Crippen MR) is 127 cm³/mol. The standard InChI is InChI=1S/C27H21N3O2/c1-17-25(23-15-12-18-8-6-7-11-22(18)29-23)26(21-14-13-20(32-2)16-24(21)31)30-27(28-17)19-9-4-3-5-10-19/h3-16,31H,1-2H3. The van der Waals surface area contributed by atoms with Crippen molar-refractivity contribution in [3.05, 3.63) is 90.6 Å². The molecule has 0 atom stereocenters. The van der Waals surface area contributed by atoms with E-state index in [-0.39, 0.29) is 5.75 Å². The molecule has 0 saturated carbocycles. The lowest BCUT2D eigenvalue weighted by atomic mass is 9.99. The number of aromatic hydroxyl groups is 1. The first kappa shape index (κ1) is 19.7. The van der Waals surface area contributed by atoms with Gasteiger partial charge in [0.25, 0.3) is 0 Å². The van der Waals surface area contributed by atoms with E-state index in [0.29, 0.717) is 22.8 Å². The van der Waals surface area contributed by atoms with E-state index < -0.39 is 0 Å². The average molecular weight is 419 g/mol. The number of methoxy groups -OCH3 is 1. The van der Waals surface area contributed by atoms with Gasteiger partial charge in [0.15, 0.2) is 5.82 Å². The monoisotopic (exact) mass is 419 g/mol. The third-order valence-electron chi connectivity index (χ3n) is 5.44. The van der Waals surface area contributed by atoms with Crippen LogP contribution in [0.2, 0.25) is 0 Å². The van der Waals surface area contributed by atoms with E-state index in [9.17, 15) is 5.11 Å². The summed E-state index contributed by atoms with van der Waals surface area (Å²) in [4.78, 5) is 14.6. The van der Waals surface area contributed by atoms with Crippen molar-refractivity contribution in [3.63, 3.8) is 0 Å². The van der Waals surface area contributed by atoms with Gasteiger partial charge in [0.1, 0.15) is 11.5 Å². The zero-order chi connectivity index (χ0) is 22.1. The summed E-state index contributed by atoms with van der Waals surface area (Å²) in [5.74, 6) is 1.26. The Morgan fingerprint density at radius 3 is 2.34 bits per heavy atom. The molecule has 3 aromatic carbocycles. The van der Waals surface area contributed by atoms with Crippen LogP contribution in [0.25, 0.3) is 44.8 Å². The lowest BCUT2D eigenvalue weighted by Crippen LogP contribution is -2.01. The first-order valence-electron chi connectivity index (χ1n) is 10.3. The molecule has 5 heteroatoms. The molecule has 0 fully saturated rings. The Hall–Kier alpha value is -4.25. The van der Waals surface area contributed by atoms with Gasteiger partial charge in [-0.2, -0.15) is 0 Å². The van der Waals surface area contributed by atoms with Crippen LogP contribution in [0.15, 0.2) is 84.9 Å². The molecule has 2 heterocycles. The van der Waals surface area contributed by atoms with E-state index in [1.807, 2.05) is 85.8 Å². The molecule has 0 aliphatic heterocycles. The van der Waals surface area contributed by atoms with Crippen molar-refractivity contribution >= 4 is 10.9 Å². The second-order valence-corrected chi connectivity index (χ2v) is 7.49. The smallest absolute Gasteiger partial charge is 0.160 e. The second kappa shape index (κ2) is 8.12. The van der Waals surface area contributed by atoms with Crippen LogP contribution in [0.1, 0.15) is 5.69 Å². The number of hydrogen-bond acceptors (Lipinski definition) is 5. The van der Waals surface area contributed by atoms with Gasteiger partial charge in [-0.25, -0.2) is 15.0 Å². The third kappa shape index (κ3) is 3.54. The molecule has 0 bridgehead atoms. The largest absolute Gasteiger partial charge is 0.507 e. The molecule has 0 aliphatic carbocycles. The first-order chi connectivity index (χ1) is 15.6. The zero-order valence-electron chi connectivity index (χ0n) is 17.8. The van der Waals surface area contributed by atoms with Crippen molar-refractivity contribution in [2.75, 3.05) is 7.11 Å². The van der Waals surface area contributed by atoms with Gasteiger partial charge in [0.05, 0.1) is 29.7 Å². The van der Waals surface area contributed by atoms with Crippen molar-refractivity contribution < 1.29 is 9.84 Å². The van der Waals surface area contributed by atoms with Gasteiger partial charge < -0.3 is 9.84 Å². The normalized spacial score (nSPS) is 10.9. The van der Waals surface area contributed by atoms with Gasteiger partial charge in [-0.15, -0.1) is 0 Å². The summed E-state index contributed by atoms with van der Waals surface area (Å²) in [7, 11) is 1.57. The number of pyridine rings is 1. The molecule has 32 heavy (non-hydrogen) atoms. The highest BCUT2D eigenvalue weighted by atomic mass is 16.5. The maximum atomic E-state index is 10.8. The lowest BCUT2D eigenvalue weighted by molar-refractivity contribution is 0.408. The van der Waals surface area contributed by atoms with Crippen LogP contribution in [0.4, 0.5) is 0 Å². The Kier molecular flexibility index (Phi) is 5.00. The maximum absolute atomic E-state index is 10.8. The highest BCUT2D eigenvalue weighted by Gasteiger charge is 2.20. The van der Waals surface area contributed by atoms with Crippen LogP contribution in [-0.2, 0) is 0 Å². The Bertz CT molecular complexity index is 1430. The van der Waals surface area contributed by atoms with Crippen LogP contribution >= 0.6 is 0 Å². The molecule has 2 aromatic heterocycles. The SMILES string of the molecule is COc1ccc(-c2nc(-c3ccccc3)nc(C)c2-c2ccc3ccccc3n2)c(O)c1. The minimum Gasteiger partial charge on any atom is -0.507 e. The number of fused-ring (bicyclic) bond motifs is 1. The molecular formula is C27H21N3O2. The van der Waals surface area contributed by atoms with E-state index >= 15 is 0 Å². The minimum absolute atomic E-state index is 0.0866. The average Bonchev–Trinajstić information content (AvgIpc) is 2.83. The second-order valence-electron chi connectivity index (χ2n) is 7.49. The van der Waals surface area contributed by atoms with E-state index in [1.165, 1.54) is 0 Å². The maximum Gasteiger partial charge on any atom is 0.160 e. The fourth-order valence-corrected chi connectivity index (χ4v) is 3.83. The van der Waals surface area contributed by atoms with Gasteiger partial charge in [0, 0.05) is 28.1 Å². The summed E-state index contributed by atoms with van der Waals surface area (Å²) in [5, 5.41) is 11.9. The summed E-state index contributed by atoms with van der Waals surface area (Å²) in [6.07, 6.45) is 0. The highest BCUT2D eigenvalue weighted by molar-refractivity contribution is 5.88. The van der Waals surface area contributed by atoms with Crippen LogP contribution in [0.3, 0.4) is 0 Å². The number of ether oxygens (including phenoxy) is 1. The summed E-state index contributed by atoms with van der Waals surface area (Å²) in [6.45, 7) is 1.95. The summed E-state index contributed by atoms with van der Waals surface area (Å²) >= 11 is 0. The number of nitrogens with zero attached hydrogens (tertiary/aromatic N) is 3. The number of benzene rings is 3. The molecule has 0 unspecified atom stereocenters. The molecule has 1 N–H and O–H groups in total. The fourth-order valence-electron chi connectivity index (χ4n) is 3.83. The Balaban J connectivity index is 1.78. The summed E-state index contributed by atoms with van der Waals surface area (Å²) < 4.78 is 5.26. The van der Waals surface area contributed by atoms with Crippen molar-refractivity contribution in [1.29, 1.82) is 0 Å². The number of phenols is 1. The molecule has 0 amide bonds. The topological polar surface area (TPSA) is 68.1 Å². The van der Waals surface area contributed by atoms with Gasteiger partial charge in [0.2, 0.25) is 0 Å². The van der Waals surface area contributed by atoms with Crippen molar-refractivity contribution in [1.82, 2.24) is 15.0 Å². The summed E-state index contributed by atoms with van der Waals surface area (Å²) in [6, 6.07) is 27.0. The molecule has 0 saturated heterocycles. The quantitative estimate of drug-likeness (QED) is 0.384. The van der Waals surface area contributed by atoms with Gasteiger partial charge in [-0.3, -0.25) is 0 Å². The van der Waals surface area contributed by atoms with Crippen LogP contribution in [-0.4, -0.2) is 27.2 Å². The van der Waals surface area contributed by atoms with Crippen LogP contribution in [0.5, 0.6) is 11.5 Å². The van der Waals surface area contributed by atoms with Crippen molar-refractivity contribution in [2.24, 2.45) is 0 Å². The van der Waals surface area contributed by atoms with E-state index in [4.69, 9.17) is 19.7 Å². The van der Waals surface area contributed by atoms with Gasteiger partial charge in [-0.1, -0.05) is 54.6 Å². The van der Waals surface area contributed by atoms with Crippen molar-refractivity contribution in [3.8, 4) is 45.4 Å². The molecule has 0 aliphatic rings. The van der Waals surface area contributed by atoms with Crippen LogP contribution in [0, 0.1) is 6.92 Å². The number of hydrogen-bond donors (Lipinski definition) is 1. The predicted octanol–water partition coefficient (Wildman–Crippen LogP) is 6.05. The van der Waals surface area contributed by atoms with E-state index in [1.54, 1.807) is 13.2 Å². The Labute approximate surface area is 186 Å². The number of rotatable bonds is 4. The molecule has 5 nitrogen and oxygen atoms in total. The highest BCUT2D eigenvalue weighted by Crippen LogP contribution is 2.39. The van der Waals surface area contributed by atoms with Gasteiger partial charge >= 0.3 is 0 Å².